The number of hydrogen-bond donors (Lipinski definition) is 2. The molecular formula is C14H21BrN2. The van der Waals surface area contributed by atoms with E-state index in [1.165, 1.54) is 31.2 Å². The Kier molecular flexibility index (Phi) is 3.97. The molecule has 1 aromatic rings. The molecule has 0 aromatic heterocycles. The van der Waals surface area contributed by atoms with Gasteiger partial charge in [0.25, 0.3) is 0 Å². The van der Waals surface area contributed by atoms with E-state index in [1.54, 1.807) is 0 Å². The van der Waals surface area contributed by atoms with Crippen LogP contribution < -0.4 is 11.1 Å². The van der Waals surface area contributed by atoms with Gasteiger partial charge in [-0.25, -0.2) is 0 Å². The first-order valence-electron chi connectivity index (χ1n) is 6.38. The number of aryl methyl sites for hydroxylation is 1. The molecule has 1 fully saturated rings. The Morgan fingerprint density at radius 1 is 1.35 bits per heavy atom. The zero-order valence-corrected chi connectivity index (χ0v) is 12.2. The highest BCUT2D eigenvalue weighted by molar-refractivity contribution is 9.10. The van der Waals surface area contributed by atoms with E-state index in [0.717, 1.165) is 21.8 Å². The smallest absolute Gasteiger partial charge is 0.0694 e. The molecule has 0 radical (unpaired) electrons. The molecule has 1 saturated carbocycles. The second kappa shape index (κ2) is 5.30. The molecule has 1 aliphatic carbocycles. The number of hydrogen-bond acceptors (Lipinski definition) is 2. The predicted octanol–water partition coefficient (Wildman–Crippen LogP) is 4.33. The molecule has 0 heterocycles. The topological polar surface area (TPSA) is 38.0 Å². The van der Waals surface area contributed by atoms with Crippen LogP contribution in [0.15, 0.2) is 16.6 Å². The molecule has 0 saturated heterocycles. The molecule has 2 atom stereocenters. The molecule has 0 aliphatic heterocycles. The standard InChI is InChI=1S/C14H21BrN2/c1-9-4-3-5-11(6-9)17-13-8-10(2)7-12(15)14(13)16/h7-9,11,17H,3-6,16H2,1-2H3/t9-,11-/m0/s1. The quantitative estimate of drug-likeness (QED) is 0.797. The largest absolute Gasteiger partial charge is 0.396 e. The molecule has 0 bridgehead atoms. The van der Waals surface area contributed by atoms with Crippen molar-refractivity contribution >= 4 is 27.3 Å². The van der Waals surface area contributed by atoms with Gasteiger partial charge in [-0.05, 0) is 59.3 Å². The van der Waals surface area contributed by atoms with Gasteiger partial charge in [-0.2, -0.15) is 0 Å². The fourth-order valence-corrected chi connectivity index (χ4v) is 3.23. The molecule has 94 valence electrons. The van der Waals surface area contributed by atoms with Gasteiger partial charge in [-0.15, -0.1) is 0 Å². The SMILES string of the molecule is Cc1cc(Br)c(N)c(N[C@H]2CCC[C@H](C)C2)c1. The van der Waals surface area contributed by atoms with Gasteiger partial charge in [-0.1, -0.05) is 19.8 Å². The fourth-order valence-electron chi connectivity index (χ4n) is 2.66. The van der Waals surface area contributed by atoms with E-state index in [0.29, 0.717) is 6.04 Å². The summed E-state index contributed by atoms with van der Waals surface area (Å²) in [6, 6.07) is 4.78. The van der Waals surface area contributed by atoms with Crippen LogP contribution in [0.2, 0.25) is 0 Å². The minimum Gasteiger partial charge on any atom is -0.396 e. The fraction of sp³-hybridized carbons (Fsp3) is 0.571. The normalized spacial score (nSPS) is 24.6. The number of rotatable bonds is 2. The lowest BCUT2D eigenvalue weighted by atomic mass is 9.87. The maximum absolute atomic E-state index is 6.09. The molecule has 0 amide bonds. The van der Waals surface area contributed by atoms with Crippen molar-refractivity contribution in [2.24, 2.45) is 5.92 Å². The van der Waals surface area contributed by atoms with E-state index in [4.69, 9.17) is 5.73 Å². The van der Waals surface area contributed by atoms with Crippen molar-refractivity contribution in [3.05, 3.63) is 22.2 Å². The van der Waals surface area contributed by atoms with E-state index >= 15 is 0 Å². The summed E-state index contributed by atoms with van der Waals surface area (Å²) in [7, 11) is 0. The first-order chi connectivity index (χ1) is 8.06. The summed E-state index contributed by atoms with van der Waals surface area (Å²) < 4.78 is 0.990. The second-order valence-electron chi connectivity index (χ2n) is 5.32. The third kappa shape index (κ3) is 3.15. The number of anilines is 2. The third-order valence-corrected chi connectivity index (χ3v) is 4.23. The maximum Gasteiger partial charge on any atom is 0.0694 e. The van der Waals surface area contributed by atoms with Gasteiger partial charge in [0, 0.05) is 10.5 Å². The number of nitrogens with one attached hydrogen (secondary N) is 1. The van der Waals surface area contributed by atoms with E-state index < -0.39 is 0 Å². The maximum atomic E-state index is 6.09. The van der Waals surface area contributed by atoms with Crippen molar-refractivity contribution in [3.63, 3.8) is 0 Å². The summed E-state index contributed by atoms with van der Waals surface area (Å²) in [5.41, 5.74) is 9.23. The van der Waals surface area contributed by atoms with Crippen molar-refractivity contribution in [2.45, 2.75) is 45.6 Å². The molecule has 3 N–H and O–H groups in total. The molecule has 3 heteroatoms. The lowest BCUT2D eigenvalue weighted by Crippen LogP contribution is -2.26. The van der Waals surface area contributed by atoms with Gasteiger partial charge < -0.3 is 11.1 Å². The van der Waals surface area contributed by atoms with Gasteiger partial charge >= 0.3 is 0 Å². The summed E-state index contributed by atoms with van der Waals surface area (Å²) >= 11 is 3.51. The van der Waals surface area contributed by atoms with E-state index in [1.807, 2.05) is 0 Å². The Balaban J connectivity index is 2.12. The van der Waals surface area contributed by atoms with Gasteiger partial charge in [0.2, 0.25) is 0 Å². The number of benzene rings is 1. The molecule has 2 nitrogen and oxygen atoms in total. The van der Waals surface area contributed by atoms with Gasteiger partial charge in [-0.3, -0.25) is 0 Å². The van der Waals surface area contributed by atoms with Gasteiger partial charge in [0.15, 0.2) is 0 Å². The van der Waals surface area contributed by atoms with Crippen LogP contribution >= 0.6 is 15.9 Å². The average Bonchev–Trinajstić information content (AvgIpc) is 2.25. The molecule has 2 rings (SSSR count). The highest BCUT2D eigenvalue weighted by atomic mass is 79.9. The van der Waals surface area contributed by atoms with Gasteiger partial charge in [0.1, 0.15) is 0 Å². The Morgan fingerprint density at radius 3 is 2.82 bits per heavy atom. The van der Waals surface area contributed by atoms with Crippen LogP contribution in [0.3, 0.4) is 0 Å². The van der Waals surface area contributed by atoms with Crippen LogP contribution in [0, 0.1) is 12.8 Å². The number of nitrogens with two attached hydrogens (primary N) is 1. The van der Waals surface area contributed by atoms with Crippen LogP contribution in [0.5, 0.6) is 0 Å². The molecule has 1 aromatic carbocycles. The van der Waals surface area contributed by atoms with Crippen LogP contribution in [0.1, 0.15) is 38.2 Å². The number of nitrogen functional groups attached to an aromatic ring is 1. The Hall–Kier alpha value is -0.700. The Morgan fingerprint density at radius 2 is 2.12 bits per heavy atom. The lowest BCUT2D eigenvalue weighted by molar-refractivity contribution is 0.359. The zero-order chi connectivity index (χ0) is 12.4. The molecular weight excluding hydrogens is 276 g/mol. The third-order valence-electron chi connectivity index (χ3n) is 3.57. The predicted molar refractivity (Wildman–Crippen MR) is 78.3 cm³/mol. The summed E-state index contributed by atoms with van der Waals surface area (Å²) in [6.45, 7) is 4.43. The molecule has 0 unspecified atom stereocenters. The Labute approximate surface area is 112 Å². The Bertz CT molecular complexity index is 403. The summed E-state index contributed by atoms with van der Waals surface area (Å²) in [5.74, 6) is 0.829. The summed E-state index contributed by atoms with van der Waals surface area (Å²) in [6.07, 6.45) is 5.21. The minimum absolute atomic E-state index is 0.578. The van der Waals surface area contributed by atoms with Crippen molar-refractivity contribution < 1.29 is 0 Å². The van der Waals surface area contributed by atoms with Crippen LogP contribution in [0.25, 0.3) is 0 Å². The summed E-state index contributed by atoms with van der Waals surface area (Å²) in [4.78, 5) is 0. The van der Waals surface area contributed by atoms with Crippen molar-refractivity contribution in [2.75, 3.05) is 11.1 Å². The average molecular weight is 297 g/mol. The highest BCUT2D eigenvalue weighted by Crippen LogP contribution is 2.32. The van der Waals surface area contributed by atoms with E-state index in [2.05, 4.69) is 47.2 Å². The van der Waals surface area contributed by atoms with E-state index in [9.17, 15) is 0 Å². The molecule has 0 spiro atoms. The summed E-state index contributed by atoms with van der Waals surface area (Å²) in [5, 5.41) is 3.61. The lowest BCUT2D eigenvalue weighted by Gasteiger charge is -2.29. The first-order valence-corrected chi connectivity index (χ1v) is 7.17. The van der Waals surface area contributed by atoms with E-state index in [-0.39, 0.29) is 0 Å². The van der Waals surface area contributed by atoms with Crippen molar-refractivity contribution in [1.82, 2.24) is 0 Å². The van der Waals surface area contributed by atoms with Crippen LogP contribution in [-0.4, -0.2) is 6.04 Å². The monoisotopic (exact) mass is 296 g/mol. The van der Waals surface area contributed by atoms with Crippen LogP contribution in [0.4, 0.5) is 11.4 Å². The van der Waals surface area contributed by atoms with Crippen LogP contribution in [-0.2, 0) is 0 Å². The molecule has 1 aliphatic rings. The van der Waals surface area contributed by atoms with Crippen molar-refractivity contribution in [1.29, 1.82) is 0 Å². The second-order valence-corrected chi connectivity index (χ2v) is 6.18. The molecule has 17 heavy (non-hydrogen) atoms. The first kappa shape index (κ1) is 12.7. The highest BCUT2D eigenvalue weighted by Gasteiger charge is 2.19. The number of halogens is 1. The van der Waals surface area contributed by atoms with Crippen molar-refractivity contribution in [3.8, 4) is 0 Å². The minimum atomic E-state index is 0.578. The zero-order valence-electron chi connectivity index (χ0n) is 10.6. The van der Waals surface area contributed by atoms with Gasteiger partial charge in [0.05, 0.1) is 11.4 Å².